The molecular formula is C19H16O4. The molecule has 0 fully saturated rings. The highest BCUT2D eigenvalue weighted by atomic mass is 16.4. The van der Waals surface area contributed by atoms with E-state index in [2.05, 4.69) is 0 Å². The van der Waals surface area contributed by atoms with Gasteiger partial charge in [-0.3, -0.25) is 9.59 Å². The Hall–Kier alpha value is -2.75. The number of fused-ring (bicyclic) bond motifs is 2. The molecule has 1 N–H and O–H groups in total. The Morgan fingerprint density at radius 3 is 2.22 bits per heavy atom. The highest BCUT2D eigenvalue weighted by Gasteiger charge is 2.34. The smallest absolute Gasteiger partial charge is 0.335 e. The van der Waals surface area contributed by atoms with Crippen LogP contribution < -0.4 is 0 Å². The molecule has 2 aromatic carbocycles. The molecule has 4 nitrogen and oxygen atoms in total. The van der Waals surface area contributed by atoms with E-state index in [0.717, 1.165) is 5.56 Å². The second-order valence-corrected chi connectivity index (χ2v) is 6.70. The molecule has 0 bridgehead atoms. The monoisotopic (exact) mass is 308 g/mol. The third-order valence-electron chi connectivity index (χ3n) is 4.10. The highest BCUT2D eigenvalue weighted by molar-refractivity contribution is 6.29. The van der Waals surface area contributed by atoms with E-state index in [9.17, 15) is 14.4 Å². The molecule has 0 aliphatic heterocycles. The number of hydrogen-bond acceptors (Lipinski definition) is 3. The number of aromatic carboxylic acids is 1. The van der Waals surface area contributed by atoms with Gasteiger partial charge in [0.1, 0.15) is 0 Å². The number of carboxylic acids is 1. The second-order valence-electron chi connectivity index (χ2n) is 6.70. The number of rotatable bonds is 1. The maximum atomic E-state index is 13.0. The topological polar surface area (TPSA) is 71.4 Å². The first-order valence-corrected chi connectivity index (χ1v) is 7.32. The highest BCUT2D eigenvalue weighted by Crippen LogP contribution is 2.35. The largest absolute Gasteiger partial charge is 0.478 e. The van der Waals surface area contributed by atoms with Crippen molar-refractivity contribution < 1.29 is 19.5 Å². The first kappa shape index (κ1) is 15.2. The van der Waals surface area contributed by atoms with Gasteiger partial charge in [-0.15, -0.1) is 0 Å². The van der Waals surface area contributed by atoms with Crippen molar-refractivity contribution in [2.24, 2.45) is 0 Å². The molecular weight excluding hydrogens is 292 g/mol. The van der Waals surface area contributed by atoms with Crippen LogP contribution in [0.4, 0.5) is 0 Å². The Bertz CT molecular complexity index is 869. The van der Waals surface area contributed by atoms with E-state index in [4.69, 9.17) is 5.11 Å². The molecule has 0 unspecified atom stereocenters. The fourth-order valence-corrected chi connectivity index (χ4v) is 2.95. The van der Waals surface area contributed by atoms with Crippen LogP contribution in [0.3, 0.4) is 0 Å². The lowest BCUT2D eigenvalue weighted by atomic mass is 9.75. The van der Waals surface area contributed by atoms with E-state index < -0.39 is 5.97 Å². The van der Waals surface area contributed by atoms with Crippen LogP contribution >= 0.6 is 0 Å². The van der Waals surface area contributed by atoms with Crippen molar-refractivity contribution in [2.45, 2.75) is 26.2 Å². The molecule has 3 rings (SSSR count). The molecule has 1 aliphatic carbocycles. The minimum Gasteiger partial charge on any atom is -0.478 e. The van der Waals surface area contributed by atoms with Crippen molar-refractivity contribution in [3.05, 3.63) is 69.8 Å². The van der Waals surface area contributed by atoms with Gasteiger partial charge in [-0.25, -0.2) is 4.79 Å². The Morgan fingerprint density at radius 1 is 0.913 bits per heavy atom. The van der Waals surface area contributed by atoms with Crippen LogP contribution in [-0.4, -0.2) is 22.6 Å². The van der Waals surface area contributed by atoms with Crippen LogP contribution in [0.1, 0.15) is 68.5 Å². The van der Waals surface area contributed by atoms with Crippen molar-refractivity contribution in [2.75, 3.05) is 0 Å². The summed E-state index contributed by atoms with van der Waals surface area (Å²) in [5.74, 6) is -1.65. The van der Waals surface area contributed by atoms with Crippen LogP contribution in [-0.2, 0) is 5.41 Å². The zero-order valence-electron chi connectivity index (χ0n) is 13.1. The standard InChI is InChI=1S/C19H16O4/c1-19(2,3)14-6-4-5-12-15(14)17(21)13-9-10(18(22)23)7-8-11(13)16(12)20/h4-9H,1-3H3,(H,22,23). The SMILES string of the molecule is CC(C)(C)c1cccc2c1C(=O)c1cc(C(=O)O)ccc1C2=O. The summed E-state index contributed by atoms with van der Waals surface area (Å²) in [7, 11) is 0. The van der Waals surface area contributed by atoms with Crippen LogP contribution in [0.25, 0.3) is 0 Å². The molecule has 0 aromatic heterocycles. The molecule has 116 valence electrons. The Morgan fingerprint density at radius 2 is 1.61 bits per heavy atom. The van der Waals surface area contributed by atoms with Crippen molar-refractivity contribution in [3.63, 3.8) is 0 Å². The van der Waals surface area contributed by atoms with E-state index in [1.807, 2.05) is 26.8 Å². The number of carbonyl (C=O) groups excluding carboxylic acids is 2. The summed E-state index contributed by atoms with van der Waals surface area (Å²) in [5.41, 5.74) is 1.69. The fraction of sp³-hybridized carbons (Fsp3) is 0.211. The van der Waals surface area contributed by atoms with Crippen molar-refractivity contribution >= 4 is 17.5 Å². The van der Waals surface area contributed by atoms with E-state index in [0.29, 0.717) is 11.1 Å². The summed E-state index contributed by atoms with van der Waals surface area (Å²) in [6, 6.07) is 9.34. The zero-order valence-corrected chi connectivity index (χ0v) is 13.1. The van der Waals surface area contributed by atoms with Crippen molar-refractivity contribution in [3.8, 4) is 0 Å². The average Bonchev–Trinajstić information content (AvgIpc) is 2.50. The first-order chi connectivity index (χ1) is 10.7. The number of ketones is 2. The van der Waals surface area contributed by atoms with E-state index >= 15 is 0 Å². The Kier molecular flexibility index (Phi) is 3.22. The molecule has 4 heteroatoms. The van der Waals surface area contributed by atoms with Crippen LogP contribution in [0.15, 0.2) is 36.4 Å². The van der Waals surface area contributed by atoms with Gasteiger partial charge in [0.15, 0.2) is 11.6 Å². The van der Waals surface area contributed by atoms with Gasteiger partial charge in [0.05, 0.1) is 5.56 Å². The summed E-state index contributed by atoms with van der Waals surface area (Å²) in [6.07, 6.45) is 0. The zero-order chi connectivity index (χ0) is 16.9. The molecule has 23 heavy (non-hydrogen) atoms. The van der Waals surface area contributed by atoms with Crippen LogP contribution in [0.5, 0.6) is 0 Å². The lowest BCUT2D eigenvalue weighted by Gasteiger charge is -2.27. The van der Waals surface area contributed by atoms with Crippen molar-refractivity contribution in [1.29, 1.82) is 0 Å². The van der Waals surface area contributed by atoms with E-state index in [-0.39, 0.29) is 33.7 Å². The molecule has 2 aromatic rings. The molecule has 0 radical (unpaired) electrons. The Balaban J connectivity index is 2.31. The molecule has 0 spiro atoms. The number of carboxylic acid groups (broad SMARTS) is 1. The Labute approximate surface area is 133 Å². The van der Waals surface area contributed by atoms with Crippen molar-refractivity contribution in [1.82, 2.24) is 0 Å². The molecule has 1 aliphatic rings. The minimum atomic E-state index is -1.12. The van der Waals surface area contributed by atoms with E-state index in [1.54, 1.807) is 12.1 Å². The normalized spacial score (nSPS) is 13.5. The molecule has 0 saturated carbocycles. The lowest BCUT2D eigenvalue weighted by Crippen LogP contribution is -2.26. The van der Waals surface area contributed by atoms with Gasteiger partial charge in [-0.1, -0.05) is 39.0 Å². The van der Waals surface area contributed by atoms with Gasteiger partial charge in [-0.05, 0) is 29.2 Å². The van der Waals surface area contributed by atoms with Gasteiger partial charge < -0.3 is 5.11 Å². The first-order valence-electron chi connectivity index (χ1n) is 7.32. The summed E-state index contributed by atoms with van der Waals surface area (Å²) < 4.78 is 0. The minimum absolute atomic E-state index is 0.00147. The number of benzene rings is 2. The van der Waals surface area contributed by atoms with Crippen LogP contribution in [0.2, 0.25) is 0 Å². The van der Waals surface area contributed by atoms with Crippen LogP contribution in [0, 0.1) is 0 Å². The summed E-state index contributed by atoms with van der Waals surface area (Å²) in [4.78, 5) is 36.8. The third-order valence-corrected chi connectivity index (χ3v) is 4.10. The van der Waals surface area contributed by atoms with Gasteiger partial charge in [0, 0.05) is 22.3 Å². The maximum Gasteiger partial charge on any atom is 0.335 e. The van der Waals surface area contributed by atoms with E-state index in [1.165, 1.54) is 18.2 Å². The molecule has 0 heterocycles. The second kappa shape index (κ2) is 4.88. The predicted molar refractivity (Wildman–Crippen MR) is 85.4 cm³/mol. The lowest BCUT2D eigenvalue weighted by molar-refractivity contribution is 0.0696. The van der Waals surface area contributed by atoms with Gasteiger partial charge in [0.25, 0.3) is 0 Å². The predicted octanol–water partition coefficient (Wildman–Crippen LogP) is 3.46. The average molecular weight is 308 g/mol. The molecule has 0 atom stereocenters. The number of hydrogen-bond donors (Lipinski definition) is 1. The maximum absolute atomic E-state index is 13.0. The fourth-order valence-electron chi connectivity index (χ4n) is 2.95. The van der Waals surface area contributed by atoms with Gasteiger partial charge in [-0.2, -0.15) is 0 Å². The quantitative estimate of drug-likeness (QED) is 0.747. The summed E-state index contributed by atoms with van der Waals surface area (Å²) in [5, 5.41) is 9.12. The molecule has 0 saturated heterocycles. The van der Waals surface area contributed by atoms with Gasteiger partial charge in [0.2, 0.25) is 0 Å². The molecule has 0 amide bonds. The number of carbonyl (C=O) groups is 3. The summed E-state index contributed by atoms with van der Waals surface area (Å²) >= 11 is 0. The third kappa shape index (κ3) is 2.27. The summed E-state index contributed by atoms with van der Waals surface area (Å²) in [6.45, 7) is 5.93. The van der Waals surface area contributed by atoms with Gasteiger partial charge >= 0.3 is 5.97 Å².